The van der Waals surface area contributed by atoms with Crippen LogP contribution < -0.4 is 5.32 Å². The van der Waals surface area contributed by atoms with Gasteiger partial charge in [0.2, 0.25) is 5.91 Å². The first-order chi connectivity index (χ1) is 10.9. The van der Waals surface area contributed by atoms with Gasteiger partial charge < -0.3 is 10.4 Å². The topological polar surface area (TPSA) is 66.4 Å². The van der Waals surface area contributed by atoms with Crippen LogP contribution >= 0.6 is 22.6 Å². The van der Waals surface area contributed by atoms with Crippen LogP contribution in [-0.2, 0) is 16.0 Å². The van der Waals surface area contributed by atoms with Gasteiger partial charge in [-0.05, 0) is 65.8 Å². The number of aliphatic carboxylic acids is 1. The lowest BCUT2D eigenvalue weighted by atomic mass is 9.95. The minimum atomic E-state index is -0.954. The van der Waals surface area contributed by atoms with Crippen LogP contribution in [0.2, 0.25) is 0 Å². The monoisotopic (exact) mass is 423 g/mol. The highest BCUT2D eigenvalue weighted by Gasteiger charge is 2.21. The van der Waals surface area contributed by atoms with E-state index in [-0.39, 0.29) is 12.3 Å². The number of carboxylic acids is 1. The van der Waals surface area contributed by atoms with Gasteiger partial charge >= 0.3 is 5.97 Å². The molecular formula is C18H18INO3. The SMILES string of the molecule is Cc1cccc(C[C@@H](CC(=O)Nc2ccc(I)cc2)C(=O)O)c1. The molecule has 0 saturated carbocycles. The third-order valence-electron chi connectivity index (χ3n) is 3.47. The number of carbonyl (C=O) groups is 2. The van der Waals surface area contributed by atoms with E-state index < -0.39 is 11.9 Å². The van der Waals surface area contributed by atoms with Crippen molar-refractivity contribution in [3.63, 3.8) is 0 Å². The van der Waals surface area contributed by atoms with E-state index in [2.05, 4.69) is 27.9 Å². The second-order valence-electron chi connectivity index (χ2n) is 5.49. The predicted molar refractivity (Wildman–Crippen MR) is 98.4 cm³/mol. The first-order valence-corrected chi connectivity index (χ1v) is 8.35. The summed E-state index contributed by atoms with van der Waals surface area (Å²) in [6, 6.07) is 15.1. The molecule has 4 nitrogen and oxygen atoms in total. The van der Waals surface area contributed by atoms with Gasteiger partial charge in [0.15, 0.2) is 0 Å². The van der Waals surface area contributed by atoms with E-state index in [1.807, 2.05) is 43.3 Å². The van der Waals surface area contributed by atoms with Crippen molar-refractivity contribution in [2.45, 2.75) is 19.8 Å². The molecule has 0 unspecified atom stereocenters. The van der Waals surface area contributed by atoms with Gasteiger partial charge in [0.25, 0.3) is 0 Å². The number of aryl methyl sites for hydroxylation is 1. The molecule has 0 saturated heterocycles. The molecule has 0 aliphatic carbocycles. The molecule has 0 spiro atoms. The van der Waals surface area contributed by atoms with Crippen LogP contribution in [0.15, 0.2) is 48.5 Å². The molecule has 0 heterocycles. The average Bonchev–Trinajstić information content (AvgIpc) is 2.49. The van der Waals surface area contributed by atoms with E-state index >= 15 is 0 Å². The third-order valence-corrected chi connectivity index (χ3v) is 4.19. The van der Waals surface area contributed by atoms with Crippen LogP contribution in [0.25, 0.3) is 0 Å². The van der Waals surface area contributed by atoms with Crippen molar-refractivity contribution in [1.82, 2.24) is 0 Å². The molecule has 2 aromatic carbocycles. The second kappa shape index (κ2) is 8.10. The van der Waals surface area contributed by atoms with Crippen molar-refractivity contribution in [2.24, 2.45) is 5.92 Å². The Morgan fingerprint density at radius 2 is 1.87 bits per heavy atom. The van der Waals surface area contributed by atoms with Crippen molar-refractivity contribution >= 4 is 40.2 Å². The van der Waals surface area contributed by atoms with Crippen LogP contribution in [-0.4, -0.2) is 17.0 Å². The van der Waals surface area contributed by atoms with E-state index in [1.54, 1.807) is 12.1 Å². The van der Waals surface area contributed by atoms with E-state index in [0.29, 0.717) is 12.1 Å². The number of hydrogen-bond acceptors (Lipinski definition) is 2. The van der Waals surface area contributed by atoms with Crippen molar-refractivity contribution in [3.05, 3.63) is 63.2 Å². The van der Waals surface area contributed by atoms with Crippen molar-refractivity contribution in [2.75, 3.05) is 5.32 Å². The number of carboxylic acid groups (broad SMARTS) is 1. The smallest absolute Gasteiger partial charge is 0.307 e. The highest BCUT2D eigenvalue weighted by Crippen LogP contribution is 2.16. The lowest BCUT2D eigenvalue weighted by molar-refractivity contribution is -0.143. The Labute approximate surface area is 149 Å². The fourth-order valence-electron chi connectivity index (χ4n) is 2.34. The largest absolute Gasteiger partial charge is 0.481 e. The van der Waals surface area contributed by atoms with Gasteiger partial charge in [0.1, 0.15) is 0 Å². The second-order valence-corrected chi connectivity index (χ2v) is 6.73. The first-order valence-electron chi connectivity index (χ1n) is 7.28. The van der Waals surface area contributed by atoms with Gasteiger partial charge in [0, 0.05) is 15.7 Å². The quantitative estimate of drug-likeness (QED) is 0.694. The summed E-state index contributed by atoms with van der Waals surface area (Å²) in [7, 11) is 0. The number of nitrogens with one attached hydrogen (secondary N) is 1. The number of carbonyl (C=O) groups excluding carboxylic acids is 1. The highest BCUT2D eigenvalue weighted by molar-refractivity contribution is 14.1. The average molecular weight is 423 g/mol. The Morgan fingerprint density at radius 3 is 2.48 bits per heavy atom. The predicted octanol–water partition coefficient (Wildman–Crippen LogP) is 3.87. The zero-order valence-corrected chi connectivity index (χ0v) is 14.9. The Bertz CT molecular complexity index is 698. The molecule has 0 aromatic heterocycles. The number of anilines is 1. The molecule has 2 aromatic rings. The first kappa shape index (κ1) is 17.5. The summed E-state index contributed by atoms with van der Waals surface area (Å²) in [5.41, 5.74) is 2.68. The normalized spacial score (nSPS) is 11.7. The van der Waals surface area contributed by atoms with E-state index in [4.69, 9.17) is 0 Å². The fraction of sp³-hybridized carbons (Fsp3) is 0.222. The van der Waals surface area contributed by atoms with Gasteiger partial charge in [-0.1, -0.05) is 29.8 Å². The van der Waals surface area contributed by atoms with Gasteiger partial charge in [-0.15, -0.1) is 0 Å². The van der Waals surface area contributed by atoms with Crippen molar-refractivity contribution < 1.29 is 14.7 Å². The molecule has 0 fully saturated rings. The summed E-state index contributed by atoms with van der Waals surface area (Å²) in [5, 5.41) is 12.1. The van der Waals surface area contributed by atoms with Gasteiger partial charge in [-0.25, -0.2) is 0 Å². The molecule has 120 valence electrons. The Hall–Kier alpha value is -1.89. The van der Waals surface area contributed by atoms with Crippen molar-refractivity contribution in [1.29, 1.82) is 0 Å². The van der Waals surface area contributed by atoms with Crippen LogP contribution in [0.3, 0.4) is 0 Å². The molecule has 0 aliphatic rings. The lowest BCUT2D eigenvalue weighted by Gasteiger charge is -2.13. The number of benzene rings is 2. The molecule has 1 atom stereocenters. The Kier molecular flexibility index (Phi) is 6.15. The zero-order valence-electron chi connectivity index (χ0n) is 12.8. The minimum absolute atomic E-state index is 0.0464. The standard InChI is InChI=1S/C18H18INO3/c1-12-3-2-4-13(9-12)10-14(18(22)23)11-17(21)20-16-7-5-15(19)6-8-16/h2-9,14H,10-11H2,1H3,(H,20,21)(H,22,23)/t14-/m0/s1. The third kappa shape index (κ3) is 5.67. The summed E-state index contributed by atoms with van der Waals surface area (Å²) >= 11 is 2.18. The van der Waals surface area contributed by atoms with E-state index in [0.717, 1.165) is 14.7 Å². The number of amides is 1. The van der Waals surface area contributed by atoms with Crippen LogP contribution in [0.1, 0.15) is 17.5 Å². The maximum Gasteiger partial charge on any atom is 0.307 e. The highest BCUT2D eigenvalue weighted by atomic mass is 127. The van der Waals surface area contributed by atoms with E-state index in [1.165, 1.54) is 0 Å². The molecule has 2 rings (SSSR count). The number of rotatable bonds is 6. The van der Waals surface area contributed by atoms with Crippen LogP contribution in [0.5, 0.6) is 0 Å². The maximum atomic E-state index is 12.1. The fourth-order valence-corrected chi connectivity index (χ4v) is 2.70. The van der Waals surface area contributed by atoms with Gasteiger partial charge in [-0.3, -0.25) is 9.59 Å². The molecule has 1 amide bonds. The molecule has 0 radical (unpaired) electrons. The summed E-state index contributed by atoms with van der Waals surface area (Å²) in [6.07, 6.45) is 0.298. The van der Waals surface area contributed by atoms with Gasteiger partial charge in [0.05, 0.1) is 5.92 Å². The van der Waals surface area contributed by atoms with Crippen LogP contribution in [0, 0.1) is 16.4 Å². The minimum Gasteiger partial charge on any atom is -0.481 e. The maximum absolute atomic E-state index is 12.1. The van der Waals surface area contributed by atoms with E-state index in [9.17, 15) is 14.7 Å². The Morgan fingerprint density at radius 1 is 1.17 bits per heavy atom. The Balaban J connectivity index is 1.99. The lowest BCUT2D eigenvalue weighted by Crippen LogP contribution is -2.24. The summed E-state index contributed by atoms with van der Waals surface area (Å²) in [4.78, 5) is 23.5. The molecule has 5 heteroatoms. The molecular weight excluding hydrogens is 405 g/mol. The molecule has 0 bridgehead atoms. The summed E-state index contributed by atoms with van der Waals surface area (Å²) in [6.45, 7) is 1.96. The summed E-state index contributed by atoms with van der Waals surface area (Å²) < 4.78 is 1.07. The molecule has 2 N–H and O–H groups in total. The van der Waals surface area contributed by atoms with Crippen molar-refractivity contribution in [3.8, 4) is 0 Å². The number of hydrogen-bond donors (Lipinski definition) is 2. The summed E-state index contributed by atoms with van der Waals surface area (Å²) in [5.74, 6) is -1.98. The molecule has 0 aliphatic heterocycles. The number of halogens is 1. The zero-order chi connectivity index (χ0) is 16.8. The van der Waals surface area contributed by atoms with Crippen LogP contribution in [0.4, 0.5) is 5.69 Å². The van der Waals surface area contributed by atoms with Gasteiger partial charge in [-0.2, -0.15) is 0 Å². The molecule has 23 heavy (non-hydrogen) atoms.